The number of aromatic nitrogens is 7. The van der Waals surface area contributed by atoms with E-state index in [0.717, 1.165) is 5.39 Å². The lowest BCUT2D eigenvalue weighted by Crippen LogP contribution is -2.04. The summed E-state index contributed by atoms with van der Waals surface area (Å²) < 4.78 is 0. The van der Waals surface area contributed by atoms with E-state index in [1.165, 1.54) is 6.33 Å². The Hall–Kier alpha value is -3.51. The molecule has 4 rings (SSSR count). The molecule has 1 aromatic carbocycles. The number of nitrogens with zero attached hydrogens (tertiary/aromatic N) is 6. The zero-order valence-electron chi connectivity index (χ0n) is 11.9. The lowest BCUT2D eigenvalue weighted by atomic mass is 10.1. The SMILES string of the molecule is N#Cc1nc(-c2cc(Cl)c3[nH]ncc3c2)c(-c2ncn[nH]2)nc1N. The number of nitrogens with two attached hydrogens (primary N) is 1. The number of H-pyrrole nitrogens is 2. The Morgan fingerprint density at radius 2 is 2.00 bits per heavy atom. The highest BCUT2D eigenvalue weighted by Gasteiger charge is 2.18. The Labute approximate surface area is 139 Å². The minimum Gasteiger partial charge on any atom is -0.381 e. The van der Waals surface area contributed by atoms with Gasteiger partial charge in [-0.15, -0.1) is 0 Å². The van der Waals surface area contributed by atoms with Gasteiger partial charge in [0.1, 0.15) is 23.8 Å². The molecule has 0 unspecified atom stereocenters. The van der Waals surface area contributed by atoms with Gasteiger partial charge in [0.2, 0.25) is 0 Å². The van der Waals surface area contributed by atoms with Crippen molar-refractivity contribution in [1.82, 2.24) is 35.3 Å². The van der Waals surface area contributed by atoms with Gasteiger partial charge in [0.05, 0.1) is 16.7 Å². The van der Waals surface area contributed by atoms with Crippen molar-refractivity contribution in [3.05, 3.63) is 35.4 Å². The van der Waals surface area contributed by atoms with E-state index in [-0.39, 0.29) is 11.5 Å². The van der Waals surface area contributed by atoms with Crippen LogP contribution in [0.15, 0.2) is 24.7 Å². The van der Waals surface area contributed by atoms with Crippen LogP contribution in [-0.4, -0.2) is 35.3 Å². The standard InChI is InChI=1S/C14H8ClN9/c15-8-2-6(1-7-4-19-23-10(7)8)11-12(14-18-5-20-24-14)22-13(17)9(3-16)21-11/h1-2,4-5H,(H2,17,22)(H,19,23)(H,18,20,24). The van der Waals surface area contributed by atoms with Crippen molar-refractivity contribution < 1.29 is 0 Å². The highest BCUT2D eigenvalue weighted by Crippen LogP contribution is 2.33. The van der Waals surface area contributed by atoms with Gasteiger partial charge in [-0.2, -0.15) is 15.5 Å². The first-order valence-electron chi connectivity index (χ1n) is 6.73. The molecular weight excluding hydrogens is 330 g/mol. The second kappa shape index (κ2) is 5.29. The Morgan fingerprint density at radius 3 is 2.75 bits per heavy atom. The number of hydrogen-bond donors (Lipinski definition) is 3. The third-order valence-corrected chi connectivity index (χ3v) is 3.74. The van der Waals surface area contributed by atoms with E-state index in [1.807, 2.05) is 12.1 Å². The van der Waals surface area contributed by atoms with Gasteiger partial charge in [-0.1, -0.05) is 11.6 Å². The molecule has 0 fully saturated rings. The van der Waals surface area contributed by atoms with Gasteiger partial charge in [0.25, 0.3) is 0 Å². The third kappa shape index (κ3) is 2.13. The molecule has 4 N–H and O–H groups in total. The van der Waals surface area contributed by atoms with E-state index < -0.39 is 0 Å². The average molecular weight is 338 g/mol. The quantitative estimate of drug-likeness (QED) is 0.506. The van der Waals surface area contributed by atoms with Crippen LogP contribution in [0.3, 0.4) is 0 Å². The Bertz CT molecular complexity index is 1090. The number of fused-ring (bicyclic) bond motifs is 1. The van der Waals surface area contributed by atoms with Crippen LogP contribution in [0.4, 0.5) is 5.82 Å². The van der Waals surface area contributed by atoms with Crippen molar-refractivity contribution in [3.8, 4) is 28.8 Å². The smallest absolute Gasteiger partial charge is 0.183 e. The van der Waals surface area contributed by atoms with E-state index in [1.54, 1.807) is 12.3 Å². The molecule has 116 valence electrons. The number of anilines is 1. The van der Waals surface area contributed by atoms with Gasteiger partial charge in [-0.3, -0.25) is 10.2 Å². The van der Waals surface area contributed by atoms with Crippen LogP contribution in [0, 0.1) is 11.3 Å². The van der Waals surface area contributed by atoms with Crippen LogP contribution >= 0.6 is 11.6 Å². The fourth-order valence-electron chi connectivity index (χ4n) is 2.37. The van der Waals surface area contributed by atoms with Gasteiger partial charge in [0, 0.05) is 10.9 Å². The summed E-state index contributed by atoms with van der Waals surface area (Å²) in [6.07, 6.45) is 3.00. The number of rotatable bonds is 2. The number of nitriles is 1. The molecule has 0 amide bonds. The molecule has 0 atom stereocenters. The first kappa shape index (κ1) is 14.1. The minimum absolute atomic E-state index is 0.0168. The summed E-state index contributed by atoms with van der Waals surface area (Å²) >= 11 is 6.29. The van der Waals surface area contributed by atoms with Gasteiger partial charge in [-0.05, 0) is 12.1 Å². The molecule has 0 aliphatic rings. The molecule has 0 saturated carbocycles. The normalized spacial score (nSPS) is 10.8. The summed E-state index contributed by atoms with van der Waals surface area (Å²) in [5, 5.41) is 23.8. The van der Waals surface area contributed by atoms with Crippen molar-refractivity contribution in [2.45, 2.75) is 0 Å². The maximum absolute atomic E-state index is 9.20. The monoisotopic (exact) mass is 337 g/mol. The maximum atomic E-state index is 9.20. The summed E-state index contributed by atoms with van der Waals surface area (Å²) in [7, 11) is 0. The molecule has 0 aliphatic heterocycles. The zero-order valence-corrected chi connectivity index (χ0v) is 12.7. The second-order valence-corrected chi connectivity index (χ2v) is 5.30. The first-order valence-corrected chi connectivity index (χ1v) is 7.11. The third-order valence-electron chi connectivity index (χ3n) is 3.44. The minimum atomic E-state index is 0.0168. The molecule has 24 heavy (non-hydrogen) atoms. The van der Waals surface area contributed by atoms with E-state index in [4.69, 9.17) is 17.3 Å². The molecule has 9 nitrogen and oxygen atoms in total. The van der Waals surface area contributed by atoms with Gasteiger partial charge < -0.3 is 5.73 Å². The fraction of sp³-hybridized carbons (Fsp3) is 0. The van der Waals surface area contributed by atoms with Gasteiger partial charge in [0.15, 0.2) is 17.3 Å². The summed E-state index contributed by atoms with van der Waals surface area (Å²) in [5.74, 6) is 0.403. The summed E-state index contributed by atoms with van der Waals surface area (Å²) in [6, 6.07) is 5.48. The summed E-state index contributed by atoms with van der Waals surface area (Å²) in [4.78, 5) is 12.7. The topological polar surface area (TPSA) is 146 Å². The number of benzene rings is 1. The number of hydrogen-bond acceptors (Lipinski definition) is 7. The molecule has 3 heterocycles. The maximum Gasteiger partial charge on any atom is 0.183 e. The zero-order chi connectivity index (χ0) is 16.7. The molecule has 0 radical (unpaired) electrons. The summed E-state index contributed by atoms with van der Waals surface area (Å²) in [5.41, 5.74) is 7.98. The second-order valence-electron chi connectivity index (χ2n) is 4.89. The lowest BCUT2D eigenvalue weighted by Gasteiger charge is -2.09. The Morgan fingerprint density at radius 1 is 1.12 bits per heavy atom. The summed E-state index contributed by atoms with van der Waals surface area (Å²) in [6.45, 7) is 0. The first-order chi connectivity index (χ1) is 11.7. The van der Waals surface area contributed by atoms with Crippen molar-refractivity contribution in [3.63, 3.8) is 0 Å². The van der Waals surface area contributed by atoms with Crippen LogP contribution in [-0.2, 0) is 0 Å². The van der Waals surface area contributed by atoms with E-state index in [0.29, 0.717) is 33.3 Å². The van der Waals surface area contributed by atoms with Gasteiger partial charge >= 0.3 is 0 Å². The predicted molar refractivity (Wildman–Crippen MR) is 86.6 cm³/mol. The Balaban J connectivity index is 2.03. The van der Waals surface area contributed by atoms with Gasteiger partial charge in [-0.25, -0.2) is 15.0 Å². The molecule has 0 saturated heterocycles. The molecule has 3 aromatic heterocycles. The highest BCUT2D eigenvalue weighted by atomic mass is 35.5. The largest absolute Gasteiger partial charge is 0.381 e. The molecule has 0 bridgehead atoms. The van der Waals surface area contributed by atoms with Crippen molar-refractivity contribution in [2.24, 2.45) is 0 Å². The van der Waals surface area contributed by atoms with Crippen molar-refractivity contribution in [1.29, 1.82) is 5.26 Å². The van der Waals surface area contributed by atoms with Crippen LogP contribution in [0.5, 0.6) is 0 Å². The average Bonchev–Trinajstić information content (AvgIpc) is 3.26. The molecular formula is C14H8ClN9. The molecule has 10 heteroatoms. The lowest BCUT2D eigenvalue weighted by molar-refractivity contribution is 1.08. The Kier molecular flexibility index (Phi) is 3.11. The van der Waals surface area contributed by atoms with E-state index in [2.05, 4.69) is 35.3 Å². The van der Waals surface area contributed by atoms with Crippen molar-refractivity contribution >= 4 is 28.3 Å². The number of halogens is 1. The van der Waals surface area contributed by atoms with Crippen LogP contribution in [0.1, 0.15) is 5.69 Å². The number of aromatic amines is 2. The predicted octanol–water partition coefficient (Wildman–Crippen LogP) is 1.91. The van der Waals surface area contributed by atoms with Crippen LogP contribution < -0.4 is 5.73 Å². The highest BCUT2D eigenvalue weighted by molar-refractivity contribution is 6.35. The van der Waals surface area contributed by atoms with E-state index in [9.17, 15) is 5.26 Å². The van der Waals surface area contributed by atoms with Crippen LogP contribution in [0.2, 0.25) is 5.02 Å². The fourth-order valence-corrected chi connectivity index (χ4v) is 2.64. The molecule has 0 spiro atoms. The number of nitrogens with one attached hydrogen (secondary N) is 2. The molecule has 4 aromatic rings. The molecule has 0 aliphatic carbocycles. The van der Waals surface area contributed by atoms with Crippen molar-refractivity contribution in [2.75, 3.05) is 5.73 Å². The van der Waals surface area contributed by atoms with E-state index >= 15 is 0 Å². The number of nitrogen functional groups attached to an aromatic ring is 1. The van der Waals surface area contributed by atoms with Crippen LogP contribution in [0.25, 0.3) is 33.7 Å².